The van der Waals surface area contributed by atoms with E-state index in [-0.39, 0.29) is 5.78 Å². The molecule has 0 aliphatic carbocycles. The van der Waals surface area contributed by atoms with Crippen molar-refractivity contribution in [1.82, 2.24) is 4.90 Å². The summed E-state index contributed by atoms with van der Waals surface area (Å²) in [6, 6.07) is 5.41. The van der Waals surface area contributed by atoms with Gasteiger partial charge in [0.1, 0.15) is 0 Å². The smallest absolute Gasteiger partial charge is 0.182 e. The second-order valence-electron chi connectivity index (χ2n) is 5.49. The first-order valence-electron chi connectivity index (χ1n) is 6.55. The predicted octanol–water partition coefficient (Wildman–Crippen LogP) is 2.37. The molecule has 1 aromatic rings. The van der Waals surface area contributed by atoms with E-state index in [1.807, 2.05) is 38.9 Å². The van der Waals surface area contributed by atoms with Crippen molar-refractivity contribution in [3.8, 4) is 11.5 Å². The number of carbonyl (C=O) groups is 1. The van der Waals surface area contributed by atoms with Crippen molar-refractivity contribution in [1.29, 1.82) is 0 Å². The van der Waals surface area contributed by atoms with Gasteiger partial charge in [-0.2, -0.15) is 0 Å². The second-order valence-corrected chi connectivity index (χ2v) is 5.49. The van der Waals surface area contributed by atoms with Crippen LogP contribution in [-0.4, -0.2) is 43.5 Å². The number of nitrogens with zero attached hydrogens (tertiary/aromatic N) is 1. The fourth-order valence-corrected chi connectivity index (χ4v) is 1.86. The Balaban J connectivity index is 2.32. The number of hydrogen-bond acceptors (Lipinski definition) is 4. The lowest BCUT2D eigenvalue weighted by atomic mass is 9.92. The summed E-state index contributed by atoms with van der Waals surface area (Å²) >= 11 is 0. The maximum atomic E-state index is 12.5. The Morgan fingerprint density at radius 2 is 1.79 bits per heavy atom. The third-order valence-electron chi connectivity index (χ3n) is 3.68. The van der Waals surface area contributed by atoms with E-state index in [0.717, 1.165) is 12.2 Å². The van der Waals surface area contributed by atoms with Crippen molar-refractivity contribution >= 4 is 5.78 Å². The Hall–Kier alpha value is -1.55. The van der Waals surface area contributed by atoms with Crippen LogP contribution in [-0.2, 0) is 0 Å². The van der Waals surface area contributed by atoms with Crippen molar-refractivity contribution in [2.45, 2.75) is 25.8 Å². The first-order chi connectivity index (χ1) is 8.93. The van der Waals surface area contributed by atoms with Gasteiger partial charge >= 0.3 is 0 Å². The SMILES string of the molecule is CN(C)C(C)(C)C(=O)c1ccc2c(c1)OCCCO2. The summed E-state index contributed by atoms with van der Waals surface area (Å²) in [7, 11) is 3.81. The molecule has 4 heteroatoms. The van der Waals surface area contributed by atoms with Crippen molar-refractivity contribution in [3.05, 3.63) is 23.8 Å². The van der Waals surface area contributed by atoms with Crippen molar-refractivity contribution < 1.29 is 14.3 Å². The van der Waals surface area contributed by atoms with E-state index in [9.17, 15) is 4.79 Å². The molecule has 19 heavy (non-hydrogen) atoms. The minimum Gasteiger partial charge on any atom is -0.490 e. The lowest BCUT2D eigenvalue weighted by Gasteiger charge is -2.31. The third kappa shape index (κ3) is 2.73. The maximum absolute atomic E-state index is 12.5. The molecule has 0 unspecified atom stereocenters. The molecule has 0 aromatic heterocycles. The molecule has 1 aliphatic rings. The first kappa shape index (κ1) is 13.9. The van der Waals surface area contributed by atoms with Gasteiger partial charge in [0, 0.05) is 12.0 Å². The zero-order valence-corrected chi connectivity index (χ0v) is 12.0. The van der Waals surface area contributed by atoms with Gasteiger partial charge in [-0.25, -0.2) is 0 Å². The van der Waals surface area contributed by atoms with Crippen LogP contribution in [0.15, 0.2) is 18.2 Å². The third-order valence-corrected chi connectivity index (χ3v) is 3.68. The van der Waals surface area contributed by atoms with Gasteiger partial charge in [-0.1, -0.05) is 0 Å². The molecule has 0 radical (unpaired) electrons. The van der Waals surface area contributed by atoms with Crippen LogP contribution in [0.1, 0.15) is 30.6 Å². The molecular formula is C15H21NO3. The van der Waals surface area contributed by atoms with Crippen molar-refractivity contribution in [2.75, 3.05) is 27.3 Å². The average molecular weight is 263 g/mol. The van der Waals surface area contributed by atoms with Crippen molar-refractivity contribution in [2.24, 2.45) is 0 Å². The molecule has 0 spiro atoms. The molecule has 2 rings (SSSR count). The molecule has 1 aliphatic heterocycles. The summed E-state index contributed by atoms with van der Waals surface area (Å²) < 4.78 is 11.2. The molecule has 0 saturated carbocycles. The maximum Gasteiger partial charge on any atom is 0.182 e. The largest absolute Gasteiger partial charge is 0.490 e. The Bertz CT molecular complexity index is 480. The number of likely N-dealkylation sites (N-methyl/N-ethyl adjacent to an activating group) is 1. The number of ketones is 1. The monoisotopic (exact) mass is 263 g/mol. The fourth-order valence-electron chi connectivity index (χ4n) is 1.86. The molecule has 0 bridgehead atoms. The van der Waals surface area contributed by atoms with Crippen LogP contribution in [0, 0.1) is 0 Å². The average Bonchev–Trinajstić information content (AvgIpc) is 2.61. The number of ether oxygens (including phenoxy) is 2. The predicted molar refractivity (Wildman–Crippen MR) is 74.1 cm³/mol. The number of hydrogen-bond donors (Lipinski definition) is 0. The van der Waals surface area contributed by atoms with E-state index in [1.165, 1.54) is 0 Å². The fraction of sp³-hybridized carbons (Fsp3) is 0.533. The lowest BCUT2D eigenvalue weighted by molar-refractivity contribution is 0.0755. The molecule has 1 aromatic carbocycles. The standard InChI is InChI=1S/C15H21NO3/c1-15(2,16(3)4)14(17)11-6-7-12-13(10-11)19-9-5-8-18-12/h6-7,10H,5,8-9H2,1-4H3. The summed E-state index contributed by atoms with van der Waals surface area (Å²) in [5, 5.41) is 0. The molecule has 104 valence electrons. The molecule has 0 amide bonds. The molecule has 0 N–H and O–H groups in total. The van der Waals surface area contributed by atoms with Gasteiger partial charge in [0.05, 0.1) is 18.8 Å². The molecule has 1 heterocycles. The molecule has 4 nitrogen and oxygen atoms in total. The van der Waals surface area contributed by atoms with E-state index in [4.69, 9.17) is 9.47 Å². The Morgan fingerprint density at radius 1 is 1.16 bits per heavy atom. The van der Waals surface area contributed by atoms with Gasteiger partial charge in [-0.15, -0.1) is 0 Å². The molecular weight excluding hydrogens is 242 g/mol. The van der Waals surface area contributed by atoms with Crippen LogP contribution in [0.2, 0.25) is 0 Å². The first-order valence-corrected chi connectivity index (χ1v) is 6.55. The van der Waals surface area contributed by atoms with Crippen LogP contribution in [0.3, 0.4) is 0 Å². The van der Waals surface area contributed by atoms with Crippen LogP contribution in [0.4, 0.5) is 0 Å². The van der Waals surface area contributed by atoms with Gasteiger partial charge in [-0.05, 0) is 46.1 Å². The number of fused-ring (bicyclic) bond motifs is 1. The summed E-state index contributed by atoms with van der Waals surface area (Å²) in [5.41, 5.74) is 0.114. The minimum absolute atomic E-state index is 0.0770. The van der Waals surface area contributed by atoms with Crippen LogP contribution in [0.5, 0.6) is 11.5 Å². The topological polar surface area (TPSA) is 38.8 Å². The molecule has 0 saturated heterocycles. The van der Waals surface area contributed by atoms with E-state index in [2.05, 4.69) is 0 Å². The second kappa shape index (κ2) is 5.21. The highest BCUT2D eigenvalue weighted by Gasteiger charge is 2.31. The van der Waals surface area contributed by atoms with Gasteiger partial charge in [0.2, 0.25) is 0 Å². The lowest BCUT2D eigenvalue weighted by Crippen LogP contribution is -2.45. The number of rotatable bonds is 3. The van der Waals surface area contributed by atoms with E-state index < -0.39 is 5.54 Å². The molecule has 0 fully saturated rings. The highest BCUT2D eigenvalue weighted by Crippen LogP contribution is 2.32. The Morgan fingerprint density at radius 3 is 2.42 bits per heavy atom. The van der Waals surface area contributed by atoms with Crippen LogP contribution >= 0.6 is 0 Å². The normalized spacial score (nSPS) is 15.2. The zero-order valence-electron chi connectivity index (χ0n) is 12.0. The number of carbonyl (C=O) groups excluding carboxylic acids is 1. The van der Waals surface area contributed by atoms with E-state index in [1.54, 1.807) is 12.1 Å². The van der Waals surface area contributed by atoms with E-state index in [0.29, 0.717) is 24.5 Å². The quantitative estimate of drug-likeness (QED) is 0.785. The Kier molecular flexibility index (Phi) is 3.80. The minimum atomic E-state index is -0.542. The summed E-state index contributed by atoms with van der Waals surface area (Å²) in [6.07, 6.45) is 0.862. The van der Waals surface area contributed by atoms with Crippen molar-refractivity contribution in [3.63, 3.8) is 0 Å². The summed E-state index contributed by atoms with van der Waals surface area (Å²) in [5.74, 6) is 1.46. The summed E-state index contributed by atoms with van der Waals surface area (Å²) in [6.45, 7) is 5.11. The van der Waals surface area contributed by atoms with Gasteiger partial charge in [-0.3, -0.25) is 9.69 Å². The highest BCUT2D eigenvalue weighted by atomic mass is 16.5. The van der Waals surface area contributed by atoms with Crippen LogP contribution < -0.4 is 9.47 Å². The summed E-state index contributed by atoms with van der Waals surface area (Å²) in [4.78, 5) is 14.5. The Labute approximate surface area is 114 Å². The van der Waals surface area contributed by atoms with E-state index >= 15 is 0 Å². The molecule has 0 atom stereocenters. The zero-order chi connectivity index (χ0) is 14.0. The number of Topliss-reactive ketones (excluding diaryl/α,β-unsaturated/α-hetero) is 1. The van der Waals surface area contributed by atoms with Gasteiger partial charge in [0.25, 0.3) is 0 Å². The highest BCUT2D eigenvalue weighted by molar-refractivity contribution is 6.03. The van der Waals surface area contributed by atoms with Gasteiger partial charge in [0.15, 0.2) is 17.3 Å². The van der Waals surface area contributed by atoms with Gasteiger partial charge < -0.3 is 9.47 Å². The van der Waals surface area contributed by atoms with Crippen LogP contribution in [0.25, 0.3) is 0 Å². The number of benzene rings is 1.